The molecule has 1 aliphatic heterocycles. The van der Waals surface area contributed by atoms with Crippen LogP contribution in [0.3, 0.4) is 0 Å². The molecule has 2 heterocycles. The third-order valence-electron chi connectivity index (χ3n) is 5.95. The second-order valence-electron chi connectivity index (χ2n) is 7.90. The van der Waals surface area contributed by atoms with E-state index in [4.69, 9.17) is 11.6 Å². The molecule has 2 aliphatic rings. The van der Waals surface area contributed by atoms with E-state index in [1.54, 1.807) is 17.9 Å². The second-order valence-corrected chi connectivity index (χ2v) is 9.70. The minimum Gasteiger partial charge on any atom is -0.336 e. The lowest BCUT2D eigenvalue weighted by atomic mass is 9.89. The lowest BCUT2D eigenvalue weighted by molar-refractivity contribution is -0.139. The number of thiophene rings is 1. The fourth-order valence-electron chi connectivity index (χ4n) is 4.16. The van der Waals surface area contributed by atoms with Gasteiger partial charge in [0.15, 0.2) is 0 Å². The van der Waals surface area contributed by atoms with Gasteiger partial charge in [0.25, 0.3) is 5.91 Å². The number of imide groups is 1. The monoisotopic (exact) mass is 445 g/mol. The predicted molar refractivity (Wildman–Crippen MR) is 116 cm³/mol. The zero-order chi connectivity index (χ0) is 21.5. The molecule has 1 N–H and O–H groups in total. The molecular weight excluding hydrogens is 422 g/mol. The molecule has 6 nitrogen and oxygen atoms in total. The molecule has 1 saturated heterocycles. The van der Waals surface area contributed by atoms with Crippen molar-refractivity contribution in [2.24, 2.45) is 0 Å². The van der Waals surface area contributed by atoms with E-state index in [1.807, 2.05) is 31.2 Å². The van der Waals surface area contributed by atoms with Crippen molar-refractivity contribution in [1.29, 1.82) is 0 Å². The first-order valence-electron chi connectivity index (χ1n) is 10.1. The molecule has 1 unspecified atom stereocenters. The maximum atomic E-state index is 13.2. The van der Waals surface area contributed by atoms with Gasteiger partial charge in [0.2, 0.25) is 5.91 Å². The quantitative estimate of drug-likeness (QED) is 0.689. The van der Waals surface area contributed by atoms with Gasteiger partial charge in [0.1, 0.15) is 12.1 Å². The Balaban J connectivity index is 1.50. The van der Waals surface area contributed by atoms with Crippen LogP contribution in [0, 0.1) is 0 Å². The molecule has 158 valence electrons. The maximum Gasteiger partial charge on any atom is 0.325 e. The molecule has 2 aromatic rings. The SMILES string of the molecule is CCN(Cc1ccc(Cl)s1)C(=O)CN1C(=O)NC(C)(c2ccc3c(c2)CCC3)C1=O. The van der Waals surface area contributed by atoms with Gasteiger partial charge in [-0.05, 0) is 61.9 Å². The lowest BCUT2D eigenvalue weighted by Gasteiger charge is -2.24. The number of benzene rings is 1. The topological polar surface area (TPSA) is 69.7 Å². The van der Waals surface area contributed by atoms with E-state index in [9.17, 15) is 14.4 Å². The van der Waals surface area contributed by atoms with E-state index in [-0.39, 0.29) is 12.5 Å². The number of fused-ring (bicyclic) bond motifs is 1. The molecule has 1 atom stereocenters. The van der Waals surface area contributed by atoms with E-state index in [0.29, 0.717) is 17.4 Å². The van der Waals surface area contributed by atoms with Gasteiger partial charge in [0, 0.05) is 11.4 Å². The largest absolute Gasteiger partial charge is 0.336 e. The summed E-state index contributed by atoms with van der Waals surface area (Å²) in [7, 11) is 0. The third-order valence-corrected chi connectivity index (χ3v) is 7.17. The van der Waals surface area contributed by atoms with E-state index in [0.717, 1.165) is 34.6 Å². The molecular formula is C22H24ClN3O3S. The Kier molecular flexibility index (Phi) is 5.59. The Labute approximate surface area is 184 Å². The normalized spacial score (nSPS) is 20.4. The maximum absolute atomic E-state index is 13.2. The Morgan fingerprint density at radius 1 is 1.23 bits per heavy atom. The third kappa shape index (κ3) is 3.72. The van der Waals surface area contributed by atoms with Gasteiger partial charge >= 0.3 is 6.03 Å². The van der Waals surface area contributed by atoms with Crippen LogP contribution in [0.15, 0.2) is 30.3 Å². The van der Waals surface area contributed by atoms with Gasteiger partial charge in [-0.15, -0.1) is 11.3 Å². The van der Waals surface area contributed by atoms with Crippen molar-refractivity contribution < 1.29 is 14.4 Å². The van der Waals surface area contributed by atoms with Crippen LogP contribution in [0.25, 0.3) is 0 Å². The summed E-state index contributed by atoms with van der Waals surface area (Å²) < 4.78 is 0.660. The highest BCUT2D eigenvalue weighted by Crippen LogP contribution is 2.32. The van der Waals surface area contributed by atoms with Crippen molar-refractivity contribution in [3.63, 3.8) is 0 Å². The van der Waals surface area contributed by atoms with E-state index in [2.05, 4.69) is 5.32 Å². The molecule has 1 fully saturated rings. The number of carbonyl (C=O) groups is 3. The number of nitrogens with zero attached hydrogens (tertiary/aromatic N) is 2. The number of urea groups is 1. The van der Waals surface area contributed by atoms with Crippen molar-refractivity contribution in [2.75, 3.05) is 13.1 Å². The van der Waals surface area contributed by atoms with Crippen LogP contribution in [0.2, 0.25) is 4.34 Å². The Morgan fingerprint density at radius 2 is 2.00 bits per heavy atom. The first-order chi connectivity index (χ1) is 14.3. The van der Waals surface area contributed by atoms with Crippen LogP contribution in [-0.4, -0.2) is 40.7 Å². The predicted octanol–water partition coefficient (Wildman–Crippen LogP) is 3.71. The molecule has 1 aromatic carbocycles. The highest BCUT2D eigenvalue weighted by molar-refractivity contribution is 7.16. The van der Waals surface area contributed by atoms with Gasteiger partial charge in [-0.2, -0.15) is 0 Å². The number of hydrogen-bond donors (Lipinski definition) is 1. The summed E-state index contributed by atoms with van der Waals surface area (Å²) in [5.74, 6) is -0.669. The van der Waals surface area contributed by atoms with Crippen molar-refractivity contribution in [2.45, 2.75) is 45.2 Å². The lowest BCUT2D eigenvalue weighted by Crippen LogP contribution is -2.44. The number of nitrogens with one attached hydrogen (secondary N) is 1. The molecule has 0 saturated carbocycles. The van der Waals surface area contributed by atoms with Crippen LogP contribution in [0.4, 0.5) is 4.79 Å². The molecule has 0 spiro atoms. The van der Waals surface area contributed by atoms with Crippen molar-refractivity contribution >= 4 is 40.8 Å². The van der Waals surface area contributed by atoms with Gasteiger partial charge in [-0.3, -0.25) is 14.5 Å². The second kappa shape index (κ2) is 8.04. The zero-order valence-corrected chi connectivity index (χ0v) is 18.6. The summed E-state index contributed by atoms with van der Waals surface area (Å²) in [5.41, 5.74) is 2.14. The van der Waals surface area contributed by atoms with Crippen LogP contribution in [0.5, 0.6) is 0 Å². The number of halogens is 1. The number of hydrogen-bond acceptors (Lipinski definition) is 4. The standard InChI is InChI=1S/C22H24ClN3O3S/c1-3-25(12-17-9-10-18(23)30-17)19(27)13-26-20(28)22(2,24-21(26)29)16-8-7-14-5-4-6-15(14)11-16/h7-11H,3-6,12-13H2,1-2H3,(H,24,29). The van der Waals surface area contributed by atoms with E-state index < -0.39 is 17.5 Å². The number of likely N-dealkylation sites (N-methyl/N-ethyl adjacent to an activating group) is 1. The smallest absolute Gasteiger partial charge is 0.325 e. The molecule has 1 aliphatic carbocycles. The number of carbonyl (C=O) groups excluding carboxylic acids is 3. The van der Waals surface area contributed by atoms with Gasteiger partial charge in [0.05, 0.1) is 10.9 Å². The summed E-state index contributed by atoms with van der Waals surface area (Å²) in [5, 5.41) is 2.80. The first kappa shape index (κ1) is 20.9. The van der Waals surface area contributed by atoms with Crippen LogP contribution in [0.1, 0.15) is 41.8 Å². The number of aryl methyl sites for hydroxylation is 2. The minimum atomic E-state index is -1.16. The Bertz CT molecular complexity index is 1020. The highest BCUT2D eigenvalue weighted by atomic mass is 35.5. The Hall–Kier alpha value is -2.38. The summed E-state index contributed by atoms with van der Waals surface area (Å²) in [6, 6.07) is 9.10. The van der Waals surface area contributed by atoms with Gasteiger partial charge in [-0.25, -0.2) is 4.79 Å². The number of amides is 4. The Morgan fingerprint density at radius 3 is 2.70 bits per heavy atom. The molecule has 0 bridgehead atoms. The van der Waals surface area contributed by atoms with Crippen molar-refractivity contribution in [1.82, 2.24) is 15.1 Å². The molecule has 4 amide bonds. The summed E-state index contributed by atoms with van der Waals surface area (Å²) in [4.78, 5) is 42.3. The van der Waals surface area contributed by atoms with Gasteiger partial charge in [-0.1, -0.05) is 29.8 Å². The summed E-state index contributed by atoms with van der Waals surface area (Å²) in [6.45, 7) is 4.17. The molecule has 1 aromatic heterocycles. The van der Waals surface area contributed by atoms with Crippen LogP contribution >= 0.6 is 22.9 Å². The molecule has 0 radical (unpaired) electrons. The van der Waals surface area contributed by atoms with E-state index >= 15 is 0 Å². The first-order valence-corrected chi connectivity index (χ1v) is 11.3. The fraction of sp³-hybridized carbons (Fsp3) is 0.409. The summed E-state index contributed by atoms with van der Waals surface area (Å²) >= 11 is 7.39. The average molecular weight is 446 g/mol. The van der Waals surface area contributed by atoms with Crippen molar-refractivity contribution in [3.05, 3.63) is 56.2 Å². The van der Waals surface area contributed by atoms with Crippen molar-refractivity contribution in [3.8, 4) is 0 Å². The van der Waals surface area contributed by atoms with Crippen LogP contribution < -0.4 is 5.32 Å². The molecule has 4 rings (SSSR count). The minimum absolute atomic E-state index is 0.274. The number of rotatable bonds is 6. The highest BCUT2D eigenvalue weighted by Gasteiger charge is 2.49. The fourth-order valence-corrected chi connectivity index (χ4v) is 5.26. The summed E-state index contributed by atoms with van der Waals surface area (Å²) in [6.07, 6.45) is 3.15. The molecule has 30 heavy (non-hydrogen) atoms. The van der Waals surface area contributed by atoms with E-state index in [1.165, 1.54) is 22.5 Å². The average Bonchev–Trinajstić information content (AvgIpc) is 3.41. The van der Waals surface area contributed by atoms with Gasteiger partial charge < -0.3 is 10.2 Å². The molecule has 8 heteroatoms. The zero-order valence-electron chi connectivity index (χ0n) is 17.0. The van der Waals surface area contributed by atoms with Crippen LogP contribution in [-0.2, 0) is 34.5 Å².